The summed E-state index contributed by atoms with van der Waals surface area (Å²) in [6, 6.07) is 24.0. The minimum Gasteiger partial charge on any atom is -0.331 e. The zero-order valence-electron chi connectivity index (χ0n) is 19.0. The molecule has 5 rings (SSSR count). The Morgan fingerprint density at radius 2 is 1.55 bits per heavy atom. The van der Waals surface area contributed by atoms with Gasteiger partial charge in [0.2, 0.25) is 11.9 Å². The second-order valence-corrected chi connectivity index (χ2v) is 9.55. The summed E-state index contributed by atoms with van der Waals surface area (Å²) < 4.78 is 0. The van der Waals surface area contributed by atoms with Crippen LogP contribution in [0.2, 0.25) is 0 Å². The zero-order chi connectivity index (χ0) is 22.7. The molecule has 3 aliphatic rings. The van der Waals surface area contributed by atoms with Crippen molar-refractivity contribution in [1.82, 2.24) is 10.2 Å². The van der Waals surface area contributed by atoms with E-state index >= 15 is 0 Å². The van der Waals surface area contributed by atoms with Gasteiger partial charge in [0, 0.05) is 11.1 Å². The molecular formula is C27H32N5O+. The zero-order valence-corrected chi connectivity index (χ0v) is 19.0. The van der Waals surface area contributed by atoms with Crippen molar-refractivity contribution < 1.29 is 9.69 Å². The topological polar surface area (TPSA) is 72.9 Å². The Hall–Kier alpha value is -3.17. The lowest BCUT2D eigenvalue weighted by Gasteiger charge is -2.43. The van der Waals surface area contributed by atoms with Crippen LogP contribution in [0.4, 0.5) is 0 Å². The molecule has 0 unspecified atom stereocenters. The molecule has 1 saturated carbocycles. The Bertz CT molecular complexity index is 992. The van der Waals surface area contributed by atoms with E-state index in [-0.39, 0.29) is 11.9 Å². The summed E-state index contributed by atoms with van der Waals surface area (Å²) >= 11 is 0. The molecule has 0 radical (unpaired) electrons. The van der Waals surface area contributed by atoms with Crippen molar-refractivity contribution in [1.29, 1.82) is 5.26 Å². The maximum Gasteiger partial charge on any atom is 0.246 e. The molecule has 1 amide bonds. The molecule has 2 N–H and O–H groups in total. The molecule has 1 aliphatic carbocycles. The number of nitrogens with one attached hydrogen (secondary N) is 2. The lowest BCUT2D eigenvalue weighted by Crippen LogP contribution is -3.15. The molecule has 1 atom stereocenters. The SMILES string of the molecule is N#C[C@H]1C(=O)NC(N2CC[NH+](C(c3ccccc3)c3ccccc3)CC2)=NC12CCCCC2. The quantitative estimate of drug-likeness (QED) is 0.766. The Morgan fingerprint density at radius 1 is 0.970 bits per heavy atom. The Balaban J connectivity index is 1.36. The van der Waals surface area contributed by atoms with Crippen LogP contribution < -0.4 is 10.2 Å². The van der Waals surface area contributed by atoms with Crippen molar-refractivity contribution in [2.75, 3.05) is 26.2 Å². The van der Waals surface area contributed by atoms with E-state index in [2.05, 4.69) is 76.9 Å². The summed E-state index contributed by atoms with van der Waals surface area (Å²) in [5.41, 5.74) is 2.12. The maximum atomic E-state index is 12.8. The largest absolute Gasteiger partial charge is 0.331 e. The number of rotatable bonds is 3. The summed E-state index contributed by atoms with van der Waals surface area (Å²) in [5.74, 6) is -0.164. The van der Waals surface area contributed by atoms with Gasteiger partial charge in [-0.05, 0) is 12.8 Å². The van der Waals surface area contributed by atoms with E-state index in [1.807, 2.05) is 0 Å². The van der Waals surface area contributed by atoms with Crippen LogP contribution in [0, 0.1) is 17.2 Å². The van der Waals surface area contributed by atoms with Crippen LogP contribution in [0.1, 0.15) is 49.3 Å². The average molecular weight is 443 g/mol. The van der Waals surface area contributed by atoms with Crippen molar-refractivity contribution in [3.63, 3.8) is 0 Å². The highest BCUT2D eigenvalue weighted by atomic mass is 16.2. The minimum atomic E-state index is -0.672. The maximum absolute atomic E-state index is 12.8. The van der Waals surface area contributed by atoms with Crippen LogP contribution in [-0.4, -0.2) is 48.5 Å². The van der Waals surface area contributed by atoms with E-state index in [0.29, 0.717) is 5.96 Å². The Labute approximate surface area is 195 Å². The van der Waals surface area contributed by atoms with Gasteiger partial charge in [-0.25, -0.2) is 4.99 Å². The number of guanidine groups is 1. The van der Waals surface area contributed by atoms with Gasteiger partial charge in [0.25, 0.3) is 0 Å². The second kappa shape index (κ2) is 9.36. The van der Waals surface area contributed by atoms with Crippen molar-refractivity contribution in [3.8, 4) is 6.07 Å². The number of amides is 1. The van der Waals surface area contributed by atoms with Gasteiger partial charge >= 0.3 is 0 Å². The first-order chi connectivity index (χ1) is 16.2. The third-order valence-electron chi connectivity index (χ3n) is 7.59. The number of nitriles is 1. The standard InChI is InChI=1S/C27H31N5O/c28-20-23-25(33)29-26(30-27(23)14-8-3-9-15-27)32-18-16-31(17-19-32)24(21-10-4-1-5-11-21)22-12-6-2-7-13-22/h1-2,4-7,10-13,23-24H,3,8-9,14-19H2,(H,29,30,33)/p+1/t23-/m0/s1. The summed E-state index contributed by atoms with van der Waals surface area (Å²) in [7, 11) is 0. The molecule has 2 aromatic carbocycles. The molecule has 2 aromatic rings. The third kappa shape index (κ3) is 4.26. The van der Waals surface area contributed by atoms with Gasteiger partial charge in [-0.15, -0.1) is 0 Å². The lowest BCUT2D eigenvalue weighted by molar-refractivity contribution is -0.929. The molecule has 0 bridgehead atoms. The molecular weight excluding hydrogens is 410 g/mol. The summed E-state index contributed by atoms with van der Waals surface area (Å²) in [6.07, 6.45) is 4.90. The monoisotopic (exact) mass is 442 g/mol. The molecule has 6 nitrogen and oxygen atoms in total. The first-order valence-electron chi connectivity index (χ1n) is 12.2. The first-order valence-corrected chi connectivity index (χ1v) is 12.2. The summed E-state index contributed by atoms with van der Waals surface area (Å²) in [4.78, 5) is 21.7. The number of aliphatic imine (C=N–C) groups is 1. The average Bonchev–Trinajstić information content (AvgIpc) is 2.86. The molecule has 6 heteroatoms. The fourth-order valence-corrected chi connectivity index (χ4v) is 5.87. The second-order valence-electron chi connectivity index (χ2n) is 9.55. The lowest BCUT2D eigenvalue weighted by atomic mass is 9.72. The highest BCUT2D eigenvalue weighted by Gasteiger charge is 2.48. The number of hydrogen-bond acceptors (Lipinski definition) is 4. The molecule has 33 heavy (non-hydrogen) atoms. The Morgan fingerprint density at radius 3 is 2.09 bits per heavy atom. The fraction of sp³-hybridized carbons (Fsp3) is 0.444. The highest BCUT2D eigenvalue weighted by molar-refractivity contribution is 6.02. The highest BCUT2D eigenvalue weighted by Crippen LogP contribution is 2.39. The first kappa shape index (κ1) is 21.7. The van der Waals surface area contributed by atoms with Crippen LogP contribution >= 0.6 is 0 Å². The van der Waals surface area contributed by atoms with Gasteiger partial charge in [-0.2, -0.15) is 5.26 Å². The number of carbonyl (C=O) groups excluding carboxylic acids is 1. The van der Waals surface area contributed by atoms with Gasteiger partial charge in [0.15, 0.2) is 5.92 Å². The van der Waals surface area contributed by atoms with Crippen molar-refractivity contribution in [2.45, 2.75) is 43.7 Å². The molecule has 170 valence electrons. The van der Waals surface area contributed by atoms with Crippen LogP contribution in [0.5, 0.6) is 0 Å². The summed E-state index contributed by atoms with van der Waals surface area (Å²) in [6.45, 7) is 3.58. The number of quaternary nitrogens is 1. The molecule has 1 spiro atoms. The summed E-state index contributed by atoms with van der Waals surface area (Å²) in [5, 5.41) is 12.7. The number of carbonyl (C=O) groups is 1. The van der Waals surface area contributed by atoms with E-state index in [4.69, 9.17) is 4.99 Å². The van der Waals surface area contributed by atoms with E-state index in [1.165, 1.54) is 16.0 Å². The fourth-order valence-electron chi connectivity index (χ4n) is 5.87. The molecule has 2 fully saturated rings. The van der Waals surface area contributed by atoms with Crippen LogP contribution in [0.3, 0.4) is 0 Å². The van der Waals surface area contributed by atoms with E-state index in [1.54, 1.807) is 0 Å². The van der Waals surface area contributed by atoms with Crippen LogP contribution in [-0.2, 0) is 4.79 Å². The van der Waals surface area contributed by atoms with Crippen molar-refractivity contribution in [2.24, 2.45) is 10.9 Å². The minimum absolute atomic E-state index is 0.175. The normalized spacial score (nSPS) is 23.2. The number of piperazine rings is 1. The van der Waals surface area contributed by atoms with Crippen LogP contribution in [0.15, 0.2) is 65.7 Å². The smallest absolute Gasteiger partial charge is 0.246 e. The molecule has 1 saturated heterocycles. The number of nitrogens with zero attached hydrogens (tertiary/aromatic N) is 3. The van der Waals surface area contributed by atoms with E-state index in [9.17, 15) is 10.1 Å². The van der Waals surface area contributed by atoms with Gasteiger partial charge in [0.05, 0.1) is 37.8 Å². The number of benzene rings is 2. The van der Waals surface area contributed by atoms with E-state index in [0.717, 1.165) is 58.3 Å². The number of hydrogen-bond donors (Lipinski definition) is 2. The molecule has 2 aliphatic heterocycles. The molecule has 2 heterocycles. The predicted molar refractivity (Wildman–Crippen MR) is 127 cm³/mol. The van der Waals surface area contributed by atoms with Crippen LogP contribution in [0.25, 0.3) is 0 Å². The van der Waals surface area contributed by atoms with Gasteiger partial charge in [0.1, 0.15) is 6.04 Å². The van der Waals surface area contributed by atoms with Crippen molar-refractivity contribution in [3.05, 3.63) is 71.8 Å². The molecule has 0 aromatic heterocycles. The third-order valence-corrected chi connectivity index (χ3v) is 7.59. The van der Waals surface area contributed by atoms with Gasteiger partial charge in [-0.1, -0.05) is 79.9 Å². The predicted octanol–water partition coefficient (Wildman–Crippen LogP) is 2.30. The van der Waals surface area contributed by atoms with Crippen molar-refractivity contribution >= 4 is 11.9 Å². The van der Waals surface area contributed by atoms with Gasteiger partial charge in [-0.3, -0.25) is 10.1 Å². The van der Waals surface area contributed by atoms with Gasteiger partial charge < -0.3 is 9.80 Å². The van der Waals surface area contributed by atoms with E-state index < -0.39 is 11.5 Å². The Kier molecular flexibility index (Phi) is 6.15.